The van der Waals surface area contributed by atoms with Crippen LogP contribution in [-0.2, 0) is 4.79 Å². The lowest BCUT2D eigenvalue weighted by atomic mass is 10.2. The number of benzene rings is 1. The third-order valence-electron chi connectivity index (χ3n) is 3.74. The van der Waals surface area contributed by atoms with Crippen LogP contribution in [-0.4, -0.2) is 79.7 Å². The zero-order valence-electron chi connectivity index (χ0n) is 13.9. The Balaban J connectivity index is 1.98. The van der Waals surface area contributed by atoms with Gasteiger partial charge in [0, 0.05) is 45.2 Å². The molecule has 1 aromatic carbocycles. The molecule has 0 aromatic heterocycles. The fraction of sp³-hybridized carbons (Fsp3) is 0.500. The molecule has 1 saturated heterocycles. The molecule has 126 valence electrons. The molecule has 0 unspecified atom stereocenters. The Morgan fingerprint density at radius 1 is 1.17 bits per heavy atom. The van der Waals surface area contributed by atoms with Crippen LogP contribution < -0.4 is 5.43 Å². The second-order valence-electron chi connectivity index (χ2n) is 5.80. The van der Waals surface area contributed by atoms with Crippen molar-refractivity contribution >= 4 is 23.6 Å². The fourth-order valence-electron chi connectivity index (χ4n) is 2.17. The maximum absolute atomic E-state index is 12.5. The van der Waals surface area contributed by atoms with E-state index in [0.29, 0.717) is 11.3 Å². The van der Waals surface area contributed by atoms with Gasteiger partial charge in [0.15, 0.2) is 0 Å². The molecule has 0 spiro atoms. The first-order chi connectivity index (χ1) is 11.0. The number of nitrogens with one attached hydrogen (secondary N) is 1. The topological polar surface area (TPSA) is 55.9 Å². The van der Waals surface area contributed by atoms with Crippen LogP contribution in [0.4, 0.5) is 0 Å². The molecular weight excluding hydrogens is 312 g/mol. The summed E-state index contributed by atoms with van der Waals surface area (Å²) >= 11 is 1.40. The van der Waals surface area contributed by atoms with E-state index >= 15 is 0 Å². The summed E-state index contributed by atoms with van der Waals surface area (Å²) in [6.07, 6.45) is 0. The molecule has 1 N–H and O–H groups in total. The predicted molar refractivity (Wildman–Crippen MR) is 92.4 cm³/mol. The van der Waals surface area contributed by atoms with Crippen molar-refractivity contribution in [3.05, 3.63) is 29.8 Å². The van der Waals surface area contributed by atoms with Gasteiger partial charge in [0.05, 0.1) is 11.3 Å². The SMILES string of the molecule is CN1CCN(NC(=O)c2ccccc2SCC(=O)N(C)C)CC1. The van der Waals surface area contributed by atoms with Crippen molar-refractivity contribution in [3.8, 4) is 0 Å². The highest BCUT2D eigenvalue weighted by Gasteiger charge is 2.18. The van der Waals surface area contributed by atoms with Gasteiger partial charge in [0.1, 0.15) is 0 Å². The highest BCUT2D eigenvalue weighted by molar-refractivity contribution is 8.00. The molecule has 6 nitrogen and oxygen atoms in total. The van der Waals surface area contributed by atoms with E-state index in [4.69, 9.17) is 0 Å². The predicted octanol–water partition coefficient (Wildman–Crippen LogP) is 0.759. The van der Waals surface area contributed by atoms with Gasteiger partial charge in [0.2, 0.25) is 5.91 Å². The van der Waals surface area contributed by atoms with E-state index in [1.165, 1.54) is 11.8 Å². The molecule has 1 fully saturated rings. The van der Waals surface area contributed by atoms with Crippen molar-refractivity contribution in [2.45, 2.75) is 4.90 Å². The van der Waals surface area contributed by atoms with Crippen LogP contribution in [0.3, 0.4) is 0 Å². The molecular formula is C16H24N4O2S. The molecule has 1 aliphatic heterocycles. The summed E-state index contributed by atoms with van der Waals surface area (Å²) in [6.45, 7) is 3.51. The molecule has 1 aliphatic rings. The molecule has 1 aromatic rings. The molecule has 1 heterocycles. The monoisotopic (exact) mass is 336 g/mol. The summed E-state index contributed by atoms with van der Waals surface area (Å²) in [6, 6.07) is 7.41. The van der Waals surface area contributed by atoms with E-state index < -0.39 is 0 Å². The molecule has 7 heteroatoms. The van der Waals surface area contributed by atoms with Gasteiger partial charge in [-0.2, -0.15) is 0 Å². The van der Waals surface area contributed by atoms with Crippen LogP contribution in [0.5, 0.6) is 0 Å². The van der Waals surface area contributed by atoms with Crippen molar-refractivity contribution in [3.63, 3.8) is 0 Å². The quantitative estimate of drug-likeness (QED) is 0.805. The number of nitrogens with zero attached hydrogens (tertiary/aromatic N) is 3. The second-order valence-corrected chi connectivity index (χ2v) is 6.82. The number of rotatable bonds is 5. The molecule has 0 aliphatic carbocycles. The van der Waals surface area contributed by atoms with Crippen molar-refractivity contribution in [1.82, 2.24) is 20.2 Å². The average Bonchev–Trinajstić information content (AvgIpc) is 2.54. The van der Waals surface area contributed by atoms with Gasteiger partial charge in [0.25, 0.3) is 5.91 Å². The number of hydrazine groups is 1. The van der Waals surface area contributed by atoms with E-state index in [1.807, 2.05) is 23.2 Å². The first kappa shape index (κ1) is 17.8. The van der Waals surface area contributed by atoms with Gasteiger partial charge in [-0.05, 0) is 19.2 Å². The van der Waals surface area contributed by atoms with Crippen LogP contribution in [0.1, 0.15) is 10.4 Å². The minimum atomic E-state index is -0.116. The summed E-state index contributed by atoms with van der Waals surface area (Å²) in [4.78, 5) is 28.9. The zero-order valence-corrected chi connectivity index (χ0v) is 14.7. The highest BCUT2D eigenvalue weighted by Crippen LogP contribution is 2.23. The van der Waals surface area contributed by atoms with Crippen LogP contribution in [0.25, 0.3) is 0 Å². The Labute approximate surface area is 141 Å². The number of hydrogen-bond acceptors (Lipinski definition) is 5. The van der Waals surface area contributed by atoms with Crippen molar-refractivity contribution in [2.24, 2.45) is 0 Å². The Morgan fingerprint density at radius 2 is 1.83 bits per heavy atom. The molecule has 2 amide bonds. The molecule has 0 atom stereocenters. The lowest BCUT2D eigenvalue weighted by Crippen LogP contribution is -2.52. The molecule has 0 saturated carbocycles. The summed E-state index contributed by atoms with van der Waals surface area (Å²) in [5.41, 5.74) is 3.58. The third-order valence-corrected chi connectivity index (χ3v) is 4.80. The molecule has 23 heavy (non-hydrogen) atoms. The molecule has 2 rings (SSSR count). The number of hydrogen-bond donors (Lipinski definition) is 1. The third kappa shape index (κ3) is 5.23. The van der Waals surface area contributed by atoms with E-state index in [1.54, 1.807) is 25.1 Å². The number of carbonyl (C=O) groups excluding carboxylic acids is 2. The van der Waals surface area contributed by atoms with Gasteiger partial charge in [-0.15, -0.1) is 11.8 Å². The highest BCUT2D eigenvalue weighted by atomic mass is 32.2. The maximum Gasteiger partial charge on any atom is 0.266 e. The van der Waals surface area contributed by atoms with Crippen LogP contribution in [0, 0.1) is 0 Å². The summed E-state index contributed by atoms with van der Waals surface area (Å²) < 4.78 is 0. The molecule has 0 radical (unpaired) electrons. The smallest absolute Gasteiger partial charge is 0.266 e. The summed E-state index contributed by atoms with van der Waals surface area (Å²) in [5.74, 6) is 0.241. The minimum Gasteiger partial charge on any atom is -0.348 e. The van der Waals surface area contributed by atoms with E-state index in [9.17, 15) is 9.59 Å². The van der Waals surface area contributed by atoms with Gasteiger partial charge in [-0.25, -0.2) is 5.01 Å². The number of thioether (sulfide) groups is 1. The number of piperazine rings is 1. The standard InChI is InChI=1S/C16H24N4O2S/c1-18(2)15(21)12-23-14-7-5-4-6-13(14)16(22)17-20-10-8-19(3)9-11-20/h4-7H,8-12H2,1-3H3,(H,17,22). The largest absolute Gasteiger partial charge is 0.348 e. The van der Waals surface area contributed by atoms with Crippen molar-refractivity contribution < 1.29 is 9.59 Å². The van der Waals surface area contributed by atoms with Gasteiger partial charge in [-0.3, -0.25) is 15.0 Å². The average molecular weight is 336 g/mol. The maximum atomic E-state index is 12.5. The van der Waals surface area contributed by atoms with Crippen molar-refractivity contribution in [1.29, 1.82) is 0 Å². The summed E-state index contributed by atoms with van der Waals surface area (Å²) in [5, 5.41) is 1.95. The van der Waals surface area contributed by atoms with Gasteiger partial charge >= 0.3 is 0 Å². The second kappa shape index (κ2) is 8.33. The van der Waals surface area contributed by atoms with Crippen LogP contribution in [0.15, 0.2) is 29.2 Å². The van der Waals surface area contributed by atoms with E-state index in [-0.39, 0.29) is 11.8 Å². The Bertz CT molecular complexity index is 557. The van der Waals surface area contributed by atoms with E-state index in [2.05, 4.69) is 17.4 Å². The zero-order chi connectivity index (χ0) is 16.8. The fourth-order valence-corrected chi connectivity index (χ4v) is 3.20. The number of likely N-dealkylation sites (N-methyl/N-ethyl adjacent to an activating group) is 1. The first-order valence-electron chi connectivity index (χ1n) is 7.64. The first-order valence-corrected chi connectivity index (χ1v) is 8.62. The van der Waals surface area contributed by atoms with Crippen LogP contribution in [0.2, 0.25) is 0 Å². The van der Waals surface area contributed by atoms with E-state index in [0.717, 1.165) is 31.1 Å². The summed E-state index contributed by atoms with van der Waals surface area (Å²) in [7, 11) is 5.54. The Kier molecular flexibility index (Phi) is 6.44. The molecule has 0 bridgehead atoms. The number of carbonyl (C=O) groups is 2. The van der Waals surface area contributed by atoms with Crippen molar-refractivity contribution in [2.75, 3.05) is 53.1 Å². The normalized spacial score (nSPS) is 16.1. The Morgan fingerprint density at radius 3 is 2.48 bits per heavy atom. The Hall–Kier alpha value is -1.57. The lowest BCUT2D eigenvalue weighted by Gasteiger charge is -2.32. The lowest BCUT2D eigenvalue weighted by molar-refractivity contribution is -0.125. The number of amides is 2. The van der Waals surface area contributed by atoms with Gasteiger partial charge < -0.3 is 9.80 Å². The van der Waals surface area contributed by atoms with Gasteiger partial charge in [-0.1, -0.05) is 12.1 Å². The van der Waals surface area contributed by atoms with Crippen LogP contribution >= 0.6 is 11.8 Å². The minimum absolute atomic E-state index is 0.0317.